The van der Waals surface area contributed by atoms with Crippen LogP contribution in [0.1, 0.15) is 40.0 Å². The summed E-state index contributed by atoms with van der Waals surface area (Å²) in [5.41, 5.74) is 1.88. The Bertz CT molecular complexity index is 509. The van der Waals surface area contributed by atoms with Gasteiger partial charge in [0.25, 0.3) is 0 Å². The summed E-state index contributed by atoms with van der Waals surface area (Å²) in [6.45, 7) is 7.33. The number of nitrogens with one attached hydrogen (secondary N) is 3. The lowest BCUT2D eigenvalue weighted by molar-refractivity contribution is 0.405. The van der Waals surface area contributed by atoms with Gasteiger partial charge in [-0.1, -0.05) is 27.2 Å². The van der Waals surface area contributed by atoms with Crippen LogP contribution in [0.4, 0.5) is 5.69 Å². The largest absolute Gasteiger partial charge is 0.330 e. The molecule has 0 bridgehead atoms. The number of aromatic nitrogens is 1. The Morgan fingerprint density at radius 2 is 1.95 bits per heavy atom. The quantitative estimate of drug-likeness (QED) is 0.753. The summed E-state index contributed by atoms with van der Waals surface area (Å²) in [7, 11) is 0. The minimum atomic E-state index is -0.320. The van der Waals surface area contributed by atoms with Crippen LogP contribution in [-0.4, -0.2) is 23.2 Å². The molecular weight excluding hydrogens is 262 g/mol. The number of likely N-dealkylation sites (N-methyl/N-ethyl adjacent to an activating group) is 1. The van der Waals surface area contributed by atoms with Crippen molar-refractivity contribution in [2.24, 2.45) is 4.99 Å². The average molecular weight is 287 g/mol. The van der Waals surface area contributed by atoms with E-state index in [9.17, 15) is 0 Å². The molecule has 114 valence electrons. The SMILES string of the molecule is CCCC1=CC(CC)(NCC)N=C(Nc2ccncc2)N1. The van der Waals surface area contributed by atoms with Crippen LogP contribution in [0, 0.1) is 0 Å². The van der Waals surface area contributed by atoms with Crippen LogP contribution in [0.5, 0.6) is 0 Å². The van der Waals surface area contributed by atoms with E-state index in [0.717, 1.165) is 37.5 Å². The Morgan fingerprint density at radius 3 is 2.57 bits per heavy atom. The molecule has 1 aromatic rings. The van der Waals surface area contributed by atoms with Gasteiger partial charge in [0.2, 0.25) is 5.96 Å². The topological polar surface area (TPSA) is 61.3 Å². The molecule has 0 spiro atoms. The third-order valence-corrected chi connectivity index (χ3v) is 3.49. The summed E-state index contributed by atoms with van der Waals surface area (Å²) < 4.78 is 0. The van der Waals surface area contributed by atoms with Gasteiger partial charge in [-0.25, -0.2) is 4.99 Å². The molecule has 0 radical (unpaired) electrons. The second-order valence-corrected chi connectivity index (χ2v) is 5.17. The van der Waals surface area contributed by atoms with Crippen molar-refractivity contribution in [3.63, 3.8) is 0 Å². The number of aliphatic imine (C=N–C) groups is 1. The van der Waals surface area contributed by atoms with Crippen LogP contribution < -0.4 is 16.0 Å². The average Bonchev–Trinajstić information content (AvgIpc) is 2.49. The maximum Gasteiger partial charge on any atom is 0.202 e. The fraction of sp³-hybridized carbons (Fsp3) is 0.500. The molecule has 0 saturated heterocycles. The van der Waals surface area contributed by atoms with Crippen molar-refractivity contribution in [2.75, 3.05) is 11.9 Å². The number of hydrogen-bond donors (Lipinski definition) is 3. The maximum atomic E-state index is 4.84. The van der Waals surface area contributed by atoms with E-state index in [2.05, 4.69) is 47.8 Å². The molecule has 5 heteroatoms. The molecule has 5 nitrogen and oxygen atoms in total. The first-order valence-electron chi connectivity index (χ1n) is 7.72. The summed E-state index contributed by atoms with van der Waals surface area (Å²) in [6.07, 6.45) is 8.80. The van der Waals surface area contributed by atoms with Gasteiger partial charge in [0.05, 0.1) is 0 Å². The number of anilines is 1. The molecule has 1 aliphatic rings. The standard InChI is InChI=1S/C16H25N5/c1-4-7-14-12-16(5-2,18-6-3)21-15(20-14)19-13-8-10-17-11-9-13/h8-12,18H,4-7H2,1-3H3,(H2,17,19,20,21). The predicted molar refractivity (Wildman–Crippen MR) is 88.1 cm³/mol. The van der Waals surface area contributed by atoms with E-state index in [1.54, 1.807) is 12.4 Å². The van der Waals surface area contributed by atoms with Crippen molar-refractivity contribution < 1.29 is 0 Å². The summed E-state index contributed by atoms with van der Waals surface area (Å²) in [5, 5.41) is 10.2. The molecule has 1 aromatic heterocycles. The first-order valence-corrected chi connectivity index (χ1v) is 7.72. The van der Waals surface area contributed by atoms with Gasteiger partial charge in [0.1, 0.15) is 5.66 Å². The highest BCUT2D eigenvalue weighted by atomic mass is 15.3. The number of nitrogens with zero attached hydrogens (tertiary/aromatic N) is 2. The molecule has 2 heterocycles. The van der Waals surface area contributed by atoms with Crippen molar-refractivity contribution in [3.8, 4) is 0 Å². The summed E-state index contributed by atoms with van der Waals surface area (Å²) in [6, 6.07) is 3.87. The number of guanidine groups is 1. The van der Waals surface area contributed by atoms with Gasteiger partial charge in [0, 0.05) is 23.8 Å². The van der Waals surface area contributed by atoms with E-state index in [1.807, 2.05) is 12.1 Å². The monoisotopic (exact) mass is 287 g/mol. The van der Waals surface area contributed by atoms with Crippen molar-refractivity contribution in [1.29, 1.82) is 0 Å². The van der Waals surface area contributed by atoms with Crippen molar-refractivity contribution in [1.82, 2.24) is 15.6 Å². The molecule has 3 N–H and O–H groups in total. The number of rotatable bonds is 6. The van der Waals surface area contributed by atoms with Crippen LogP contribution in [0.2, 0.25) is 0 Å². The Kier molecular flexibility index (Phi) is 5.33. The van der Waals surface area contributed by atoms with E-state index < -0.39 is 0 Å². The van der Waals surface area contributed by atoms with Crippen molar-refractivity contribution >= 4 is 11.6 Å². The molecular formula is C16H25N5. The highest BCUT2D eigenvalue weighted by molar-refractivity contribution is 5.95. The third-order valence-electron chi connectivity index (χ3n) is 3.49. The van der Waals surface area contributed by atoms with E-state index in [-0.39, 0.29) is 5.66 Å². The number of hydrogen-bond acceptors (Lipinski definition) is 5. The van der Waals surface area contributed by atoms with E-state index in [1.165, 1.54) is 5.70 Å². The van der Waals surface area contributed by atoms with Gasteiger partial charge in [-0.05, 0) is 37.6 Å². The van der Waals surface area contributed by atoms with E-state index in [4.69, 9.17) is 4.99 Å². The van der Waals surface area contributed by atoms with Gasteiger partial charge in [-0.2, -0.15) is 0 Å². The van der Waals surface area contributed by atoms with Gasteiger partial charge < -0.3 is 10.6 Å². The zero-order valence-electron chi connectivity index (χ0n) is 13.1. The highest BCUT2D eigenvalue weighted by Crippen LogP contribution is 2.22. The van der Waals surface area contributed by atoms with Crippen LogP contribution in [0.3, 0.4) is 0 Å². The van der Waals surface area contributed by atoms with Crippen LogP contribution in [0.15, 0.2) is 41.3 Å². The molecule has 1 atom stereocenters. The minimum Gasteiger partial charge on any atom is -0.330 e. The van der Waals surface area contributed by atoms with E-state index >= 15 is 0 Å². The fourth-order valence-corrected chi connectivity index (χ4v) is 2.47. The Balaban J connectivity index is 2.23. The summed E-state index contributed by atoms with van der Waals surface area (Å²) >= 11 is 0. The summed E-state index contributed by atoms with van der Waals surface area (Å²) in [4.78, 5) is 8.87. The first-order chi connectivity index (χ1) is 10.2. The first kappa shape index (κ1) is 15.5. The molecule has 0 aliphatic carbocycles. The zero-order chi connectivity index (χ0) is 15.1. The molecule has 0 aromatic carbocycles. The minimum absolute atomic E-state index is 0.320. The number of allylic oxidation sites excluding steroid dienone is 1. The Morgan fingerprint density at radius 1 is 1.19 bits per heavy atom. The Labute approximate surface area is 127 Å². The number of pyridine rings is 1. The molecule has 0 amide bonds. The van der Waals surface area contributed by atoms with Crippen LogP contribution >= 0.6 is 0 Å². The lowest BCUT2D eigenvalue weighted by Crippen LogP contribution is -2.48. The smallest absolute Gasteiger partial charge is 0.202 e. The fourth-order valence-electron chi connectivity index (χ4n) is 2.47. The lowest BCUT2D eigenvalue weighted by Gasteiger charge is -2.33. The van der Waals surface area contributed by atoms with Crippen LogP contribution in [-0.2, 0) is 0 Å². The lowest BCUT2D eigenvalue weighted by atomic mass is 10.0. The molecule has 1 aliphatic heterocycles. The highest BCUT2D eigenvalue weighted by Gasteiger charge is 2.28. The predicted octanol–water partition coefficient (Wildman–Crippen LogP) is 2.85. The molecule has 1 unspecified atom stereocenters. The molecule has 0 saturated carbocycles. The normalized spacial score (nSPS) is 21.3. The van der Waals surface area contributed by atoms with Crippen molar-refractivity contribution in [3.05, 3.63) is 36.3 Å². The van der Waals surface area contributed by atoms with E-state index in [0.29, 0.717) is 0 Å². The molecule has 0 fully saturated rings. The van der Waals surface area contributed by atoms with Gasteiger partial charge in [-0.15, -0.1) is 0 Å². The second kappa shape index (κ2) is 7.22. The Hall–Kier alpha value is -1.88. The molecule has 21 heavy (non-hydrogen) atoms. The van der Waals surface area contributed by atoms with Gasteiger partial charge >= 0.3 is 0 Å². The van der Waals surface area contributed by atoms with Crippen LogP contribution in [0.25, 0.3) is 0 Å². The second-order valence-electron chi connectivity index (χ2n) is 5.17. The van der Waals surface area contributed by atoms with Gasteiger partial charge in [0.15, 0.2) is 0 Å². The zero-order valence-corrected chi connectivity index (χ0v) is 13.1. The maximum absolute atomic E-state index is 4.84. The van der Waals surface area contributed by atoms with Crippen molar-refractivity contribution in [2.45, 2.75) is 45.7 Å². The van der Waals surface area contributed by atoms with Gasteiger partial charge in [-0.3, -0.25) is 10.3 Å². The third kappa shape index (κ3) is 4.04. The molecule has 2 rings (SSSR count). The summed E-state index contributed by atoms with van der Waals surface area (Å²) in [5.74, 6) is 0.787.